The molecule has 1 N–H and O–H groups in total. The highest BCUT2D eigenvalue weighted by molar-refractivity contribution is 5.84. The molecule has 1 aromatic carbocycles. The summed E-state index contributed by atoms with van der Waals surface area (Å²) < 4.78 is 6.06. The van der Waals surface area contributed by atoms with E-state index in [0.29, 0.717) is 6.01 Å². The first-order chi connectivity index (χ1) is 13.3. The standard InChI is InChI=1S/C22H26N4O/c1-2-4-19(3-1)26-11-8-20(9-12-26)27-22-24-14-18(15-25-22)16-5-6-21-17(13-16)7-10-23-21/h5-7,10,13-15,19-20,23H,1-4,8-9,11-12H2. The summed E-state index contributed by atoms with van der Waals surface area (Å²) in [5.41, 5.74) is 3.28. The lowest BCUT2D eigenvalue weighted by Gasteiger charge is -2.35. The molecule has 5 heteroatoms. The van der Waals surface area contributed by atoms with Crippen LogP contribution in [-0.2, 0) is 0 Å². The maximum Gasteiger partial charge on any atom is 0.316 e. The molecule has 0 spiro atoms. The number of H-pyrrole nitrogens is 1. The Balaban J connectivity index is 1.20. The molecular formula is C22H26N4O. The van der Waals surface area contributed by atoms with Crippen LogP contribution < -0.4 is 4.74 Å². The summed E-state index contributed by atoms with van der Waals surface area (Å²) in [6, 6.07) is 9.74. The van der Waals surface area contributed by atoms with Crippen LogP contribution in [0.25, 0.3) is 22.0 Å². The first kappa shape index (κ1) is 16.8. The summed E-state index contributed by atoms with van der Waals surface area (Å²) in [7, 11) is 0. The van der Waals surface area contributed by atoms with Gasteiger partial charge in [-0.2, -0.15) is 0 Å². The lowest BCUT2D eigenvalue weighted by atomic mass is 10.0. The van der Waals surface area contributed by atoms with Crippen molar-refractivity contribution in [2.75, 3.05) is 13.1 Å². The van der Waals surface area contributed by atoms with Crippen LogP contribution in [0.5, 0.6) is 6.01 Å². The van der Waals surface area contributed by atoms with Crippen molar-refractivity contribution in [3.8, 4) is 17.1 Å². The molecule has 2 aliphatic rings. The molecule has 0 radical (unpaired) electrons. The lowest BCUT2D eigenvalue weighted by molar-refractivity contribution is 0.0710. The number of benzene rings is 1. The third kappa shape index (κ3) is 3.56. The fourth-order valence-electron chi connectivity index (χ4n) is 4.54. The Labute approximate surface area is 159 Å². The van der Waals surface area contributed by atoms with Crippen molar-refractivity contribution in [3.63, 3.8) is 0 Å². The number of rotatable bonds is 4. The molecule has 1 aliphatic heterocycles. The van der Waals surface area contributed by atoms with Gasteiger partial charge in [0.15, 0.2) is 0 Å². The second-order valence-corrected chi connectivity index (χ2v) is 7.83. The van der Waals surface area contributed by atoms with Crippen LogP contribution in [0, 0.1) is 0 Å². The molecule has 1 saturated heterocycles. The van der Waals surface area contributed by atoms with E-state index in [2.05, 4.69) is 44.1 Å². The van der Waals surface area contributed by atoms with Gasteiger partial charge in [-0.25, -0.2) is 9.97 Å². The normalized spacial score (nSPS) is 19.7. The van der Waals surface area contributed by atoms with Crippen molar-refractivity contribution in [3.05, 3.63) is 42.9 Å². The maximum absolute atomic E-state index is 6.06. The highest BCUT2D eigenvalue weighted by Crippen LogP contribution is 2.27. The number of hydrogen-bond donors (Lipinski definition) is 1. The zero-order valence-electron chi connectivity index (χ0n) is 15.6. The van der Waals surface area contributed by atoms with E-state index in [-0.39, 0.29) is 6.10 Å². The predicted octanol–water partition coefficient (Wildman–Crippen LogP) is 4.41. The van der Waals surface area contributed by atoms with E-state index in [9.17, 15) is 0 Å². The van der Waals surface area contributed by atoms with Gasteiger partial charge in [0.1, 0.15) is 6.10 Å². The topological polar surface area (TPSA) is 54.0 Å². The van der Waals surface area contributed by atoms with E-state index < -0.39 is 0 Å². The van der Waals surface area contributed by atoms with E-state index in [0.717, 1.165) is 48.6 Å². The Morgan fingerprint density at radius 2 is 1.70 bits per heavy atom. The van der Waals surface area contributed by atoms with E-state index in [1.54, 1.807) is 0 Å². The summed E-state index contributed by atoms with van der Waals surface area (Å²) in [5, 5.41) is 1.20. The summed E-state index contributed by atoms with van der Waals surface area (Å²) in [4.78, 5) is 14.8. The van der Waals surface area contributed by atoms with Crippen LogP contribution in [0.2, 0.25) is 0 Å². The fourth-order valence-corrected chi connectivity index (χ4v) is 4.54. The number of likely N-dealkylation sites (tertiary alicyclic amines) is 1. The number of aromatic nitrogens is 3. The minimum Gasteiger partial charge on any atom is -0.460 e. The Morgan fingerprint density at radius 1 is 0.926 bits per heavy atom. The van der Waals surface area contributed by atoms with E-state index in [1.165, 1.54) is 31.1 Å². The predicted molar refractivity (Wildman–Crippen MR) is 107 cm³/mol. The smallest absolute Gasteiger partial charge is 0.316 e. The molecule has 0 atom stereocenters. The zero-order chi connectivity index (χ0) is 18.1. The van der Waals surface area contributed by atoms with Crippen LogP contribution in [0.4, 0.5) is 0 Å². The van der Waals surface area contributed by atoms with Gasteiger partial charge in [-0.1, -0.05) is 18.9 Å². The molecule has 140 valence electrons. The monoisotopic (exact) mass is 362 g/mol. The number of ether oxygens (including phenoxy) is 1. The number of nitrogens with one attached hydrogen (secondary N) is 1. The third-order valence-corrected chi connectivity index (χ3v) is 6.10. The van der Waals surface area contributed by atoms with Gasteiger partial charge in [-0.3, -0.25) is 0 Å². The average molecular weight is 362 g/mol. The molecule has 0 amide bonds. The molecule has 0 unspecified atom stereocenters. The van der Waals surface area contributed by atoms with Crippen molar-refractivity contribution in [1.29, 1.82) is 0 Å². The third-order valence-electron chi connectivity index (χ3n) is 6.10. The van der Waals surface area contributed by atoms with Gasteiger partial charge in [-0.15, -0.1) is 0 Å². The van der Waals surface area contributed by atoms with Crippen LogP contribution >= 0.6 is 0 Å². The summed E-state index contributed by atoms with van der Waals surface area (Å²) in [5.74, 6) is 0. The minimum atomic E-state index is 0.240. The highest BCUT2D eigenvalue weighted by Gasteiger charge is 2.28. The van der Waals surface area contributed by atoms with Gasteiger partial charge in [0.2, 0.25) is 0 Å². The quantitative estimate of drug-likeness (QED) is 0.747. The molecule has 5 rings (SSSR count). The lowest BCUT2D eigenvalue weighted by Crippen LogP contribution is -2.43. The van der Waals surface area contributed by atoms with Gasteiger partial charge in [-0.05, 0) is 54.8 Å². The van der Waals surface area contributed by atoms with Crippen molar-refractivity contribution in [1.82, 2.24) is 19.9 Å². The minimum absolute atomic E-state index is 0.240. The van der Waals surface area contributed by atoms with Crippen molar-refractivity contribution < 1.29 is 4.74 Å². The number of piperidine rings is 1. The Bertz CT molecular complexity index is 890. The molecule has 27 heavy (non-hydrogen) atoms. The van der Waals surface area contributed by atoms with Gasteiger partial charge in [0, 0.05) is 48.8 Å². The van der Waals surface area contributed by atoms with Crippen molar-refractivity contribution in [2.24, 2.45) is 0 Å². The molecule has 3 aromatic rings. The molecule has 5 nitrogen and oxygen atoms in total. The molecule has 2 fully saturated rings. The fraction of sp³-hybridized carbons (Fsp3) is 0.455. The molecule has 0 bridgehead atoms. The summed E-state index contributed by atoms with van der Waals surface area (Å²) >= 11 is 0. The first-order valence-electron chi connectivity index (χ1n) is 10.2. The molecule has 3 heterocycles. The number of nitrogens with zero attached hydrogens (tertiary/aromatic N) is 3. The molecular weight excluding hydrogens is 336 g/mol. The summed E-state index contributed by atoms with van der Waals surface area (Å²) in [6.45, 7) is 2.29. The Morgan fingerprint density at radius 3 is 2.48 bits per heavy atom. The second kappa shape index (κ2) is 7.31. The van der Waals surface area contributed by atoms with Crippen LogP contribution in [0.15, 0.2) is 42.9 Å². The van der Waals surface area contributed by atoms with Gasteiger partial charge in [0.25, 0.3) is 0 Å². The van der Waals surface area contributed by atoms with Gasteiger partial charge < -0.3 is 14.6 Å². The molecule has 1 aliphatic carbocycles. The van der Waals surface area contributed by atoms with Crippen LogP contribution in [0.1, 0.15) is 38.5 Å². The first-order valence-corrected chi connectivity index (χ1v) is 10.2. The number of fused-ring (bicyclic) bond motifs is 1. The van der Waals surface area contributed by atoms with Gasteiger partial charge >= 0.3 is 6.01 Å². The summed E-state index contributed by atoms with van der Waals surface area (Å²) in [6.07, 6.45) is 13.6. The largest absolute Gasteiger partial charge is 0.460 e. The van der Waals surface area contributed by atoms with Crippen LogP contribution in [-0.4, -0.2) is 45.1 Å². The van der Waals surface area contributed by atoms with Crippen molar-refractivity contribution in [2.45, 2.75) is 50.7 Å². The SMILES string of the molecule is c1cc2cc(-c3cnc(OC4CCN(C5CCCC5)CC4)nc3)ccc2[nH]1. The molecule has 1 saturated carbocycles. The zero-order valence-corrected chi connectivity index (χ0v) is 15.6. The van der Waals surface area contributed by atoms with Crippen LogP contribution in [0.3, 0.4) is 0 Å². The van der Waals surface area contributed by atoms with Crippen molar-refractivity contribution >= 4 is 10.9 Å². The maximum atomic E-state index is 6.06. The number of aromatic amines is 1. The van der Waals surface area contributed by atoms with E-state index >= 15 is 0 Å². The Hall–Kier alpha value is -2.40. The Kier molecular flexibility index (Phi) is 4.54. The molecule has 2 aromatic heterocycles. The average Bonchev–Trinajstić information content (AvgIpc) is 3.41. The highest BCUT2D eigenvalue weighted by atomic mass is 16.5. The number of hydrogen-bond acceptors (Lipinski definition) is 4. The van der Waals surface area contributed by atoms with Gasteiger partial charge in [0.05, 0.1) is 0 Å². The second-order valence-electron chi connectivity index (χ2n) is 7.83. The van der Waals surface area contributed by atoms with E-state index in [1.807, 2.05) is 18.6 Å². The van der Waals surface area contributed by atoms with E-state index in [4.69, 9.17) is 4.74 Å².